The van der Waals surface area contributed by atoms with Crippen LogP contribution in [-0.4, -0.2) is 36.0 Å². The zero-order valence-electron chi connectivity index (χ0n) is 15.5. The Labute approximate surface area is 163 Å². The minimum atomic E-state index is -0.493. The highest BCUT2D eigenvalue weighted by Crippen LogP contribution is 2.27. The van der Waals surface area contributed by atoms with Crippen LogP contribution in [0.25, 0.3) is 0 Å². The zero-order chi connectivity index (χ0) is 19.5. The molecular formula is C21H23FN4O2. The highest BCUT2D eigenvalue weighted by Gasteiger charge is 2.29. The molecule has 4 rings (SSSR count). The first-order valence-electron chi connectivity index (χ1n) is 9.57. The smallest absolute Gasteiger partial charge is 0.323 e. The van der Waals surface area contributed by atoms with Gasteiger partial charge in [-0.2, -0.15) is 0 Å². The standard InChI is InChI=1S/C21H23FN4O2/c22-16-6-1-2-7-18(16)25-21(28)24-17-8-3-5-14-13-26(12-10-15(14)17)20(27)19-9-4-11-23-19/h1-3,5-8,19,23H,4,9-13H2,(H2,24,25,28). The molecule has 1 unspecified atom stereocenters. The van der Waals surface area contributed by atoms with Crippen LogP contribution in [0.1, 0.15) is 24.0 Å². The Bertz CT molecular complexity index is 896. The van der Waals surface area contributed by atoms with Crippen molar-refractivity contribution in [3.8, 4) is 0 Å². The maximum atomic E-state index is 13.7. The number of fused-ring (bicyclic) bond motifs is 1. The number of halogens is 1. The monoisotopic (exact) mass is 382 g/mol. The summed E-state index contributed by atoms with van der Waals surface area (Å²) in [5.41, 5.74) is 2.87. The van der Waals surface area contributed by atoms with Gasteiger partial charge >= 0.3 is 6.03 Å². The highest BCUT2D eigenvalue weighted by atomic mass is 19.1. The molecule has 3 amide bonds. The van der Waals surface area contributed by atoms with E-state index >= 15 is 0 Å². The summed E-state index contributed by atoms with van der Waals surface area (Å²) < 4.78 is 13.7. The molecule has 3 N–H and O–H groups in total. The summed E-state index contributed by atoms with van der Waals surface area (Å²) in [6.45, 7) is 2.06. The third-order valence-electron chi connectivity index (χ3n) is 5.31. The number of carbonyl (C=O) groups excluding carboxylic acids is 2. The van der Waals surface area contributed by atoms with E-state index in [1.165, 1.54) is 12.1 Å². The first kappa shape index (κ1) is 18.4. The van der Waals surface area contributed by atoms with Crippen molar-refractivity contribution in [2.24, 2.45) is 0 Å². The third kappa shape index (κ3) is 3.84. The van der Waals surface area contributed by atoms with E-state index in [2.05, 4.69) is 16.0 Å². The quantitative estimate of drug-likeness (QED) is 0.764. The summed E-state index contributed by atoms with van der Waals surface area (Å²) in [5, 5.41) is 8.60. The second-order valence-corrected chi connectivity index (χ2v) is 7.16. The number of hydrogen-bond donors (Lipinski definition) is 3. The van der Waals surface area contributed by atoms with Crippen LogP contribution in [0.5, 0.6) is 0 Å². The minimum Gasteiger partial charge on any atom is -0.337 e. The van der Waals surface area contributed by atoms with Gasteiger partial charge in [-0.05, 0) is 55.1 Å². The van der Waals surface area contributed by atoms with Gasteiger partial charge < -0.3 is 20.9 Å². The van der Waals surface area contributed by atoms with Crippen LogP contribution >= 0.6 is 0 Å². The molecule has 0 spiro atoms. The van der Waals surface area contributed by atoms with Gasteiger partial charge in [-0.3, -0.25) is 4.79 Å². The summed E-state index contributed by atoms with van der Waals surface area (Å²) in [7, 11) is 0. The van der Waals surface area contributed by atoms with Crippen molar-refractivity contribution < 1.29 is 14.0 Å². The van der Waals surface area contributed by atoms with Gasteiger partial charge in [0.1, 0.15) is 5.82 Å². The molecular weight excluding hydrogens is 359 g/mol. The normalized spacial score (nSPS) is 18.5. The average molecular weight is 382 g/mol. The van der Waals surface area contributed by atoms with Crippen molar-refractivity contribution >= 4 is 23.3 Å². The van der Waals surface area contributed by atoms with Gasteiger partial charge in [0.2, 0.25) is 5.91 Å². The molecule has 28 heavy (non-hydrogen) atoms. The Kier molecular flexibility index (Phi) is 5.25. The van der Waals surface area contributed by atoms with E-state index in [4.69, 9.17) is 0 Å². The molecule has 7 heteroatoms. The topological polar surface area (TPSA) is 73.5 Å². The summed E-state index contributed by atoms with van der Waals surface area (Å²) in [6, 6.07) is 11.1. The molecule has 2 heterocycles. The Hall–Kier alpha value is -2.93. The first-order chi connectivity index (χ1) is 13.6. The number of nitrogens with one attached hydrogen (secondary N) is 3. The molecule has 0 saturated carbocycles. The van der Waals surface area contributed by atoms with Crippen LogP contribution in [0.2, 0.25) is 0 Å². The van der Waals surface area contributed by atoms with Crippen LogP contribution in [0.15, 0.2) is 42.5 Å². The van der Waals surface area contributed by atoms with Crippen LogP contribution in [0.3, 0.4) is 0 Å². The Morgan fingerprint density at radius 3 is 2.64 bits per heavy atom. The first-order valence-corrected chi connectivity index (χ1v) is 9.57. The van der Waals surface area contributed by atoms with Gasteiger partial charge in [0.05, 0.1) is 11.7 Å². The maximum Gasteiger partial charge on any atom is 0.323 e. The molecule has 2 aromatic rings. The molecule has 146 valence electrons. The van der Waals surface area contributed by atoms with E-state index in [9.17, 15) is 14.0 Å². The van der Waals surface area contributed by atoms with E-state index in [1.54, 1.807) is 12.1 Å². The molecule has 2 aliphatic rings. The van der Waals surface area contributed by atoms with Crippen molar-refractivity contribution in [3.63, 3.8) is 0 Å². The summed E-state index contributed by atoms with van der Waals surface area (Å²) in [4.78, 5) is 26.8. The lowest BCUT2D eigenvalue weighted by atomic mass is 9.97. The minimum absolute atomic E-state index is 0.0746. The molecule has 0 bridgehead atoms. The molecule has 2 aromatic carbocycles. The van der Waals surface area contributed by atoms with E-state index < -0.39 is 11.8 Å². The van der Waals surface area contributed by atoms with Gasteiger partial charge in [0.25, 0.3) is 0 Å². The Morgan fingerprint density at radius 1 is 1.07 bits per heavy atom. The van der Waals surface area contributed by atoms with Crippen molar-refractivity contribution in [3.05, 3.63) is 59.4 Å². The number of hydrogen-bond acceptors (Lipinski definition) is 3. The predicted molar refractivity (Wildman–Crippen MR) is 106 cm³/mol. The second-order valence-electron chi connectivity index (χ2n) is 7.16. The number of amides is 3. The van der Waals surface area contributed by atoms with Gasteiger partial charge in [-0.15, -0.1) is 0 Å². The molecule has 1 atom stereocenters. The second kappa shape index (κ2) is 7.98. The molecule has 2 aliphatic heterocycles. The number of urea groups is 1. The van der Waals surface area contributed by atoms with Crippen LogP contribution < -0.4 is 16.0 Å². The summed E-state index contributed by atoms with van der Waals surface area (Å²) in [6.07, 6.45) is 2.59. The van der Waals surface area contributed by atoms with Gasteiger partial charge in [0.15, 0.2) is 0 Å². The maximum absolute atomic E-state index is 13.7. The number of para-hydroxylation sites is 1. The van der Waals surface area contributed by atoms with E-state index in [0.29, 0.717) is 25.2 Å². The largest absolute Gasteiger partial charge is 0.337 e. The van der Waals surface area contributed by atoms with E-state index in [-0.39, 0.29) is 17.6 Å². The number of benzene rings is 2. The fourth-order valence-corrected chi connectivity index (χ4v) is 3.87. The van der Waals surface area contributed by atoms with Crippen molar-refractivity contribution in [2.75, 3.05) is 23.7 Å². The van der Waals surface area contributed by atoms with Gasteiger partial charge in [-0.1, -0.05) is 24.3 Å². The van der Waals surface area contributed by atoms with Crippen molar-refractivity contribution in [2.45, 2.75) is 31.8 Å². The van der Waals surface area contributed by atoms with Crippen molar-refractivity contribution in [1.29, 1.82) is 0 Å². The fourth-order valence-electron chi connectivity index (χ4n) is 3.87. The van der Waals surface area contributed by atoms with E-state index in [1.807, 2.05) is 23.1 Å². The van der Waals surface area contributed by atoms with Gasteiger partial charge in [0, 0.05) is 18.8 Å². The number of nitrogens with zero attached hydrogens (tertiary/aromatic N) is 1. The highest BCUT2D eigenvalue weighted by molar-refractivity contribution is 6.00. The van der Waals surface area contributed by atoms with Gasteiger partial charge in [-0.25, -0.2) is 9.18 Å². The summed E-state index contributed by atoms with van der Waals surface area (Å²) in [5.74, 6) is -0.332. The molecule has 1 saturated heterocycles. The Balaban J connectivity index is 1.45. The molecule has 0 aliphatic carbocycles. The fraction of sp³-hybridized carbons (Fsp3) is 0.333. The molecule has 0 radical (unpaired) electrons. The number of carbonyl (C=O) groups is 2. The van der Waals surface area contributed by atoms with Crippen LogP contribution in [0, 0.1) is 5.82 Å². The average Bonchev–Trinajstić information content (AvgIpc) is 3.24. The molecule has 6 nitrogen and oxygen atoms in total. The summed E-state index contributed by atoms with van der Waals surface area (Å²) >= 11 is 0. The Morgan fingerprint density at radius 2 is 1.86 bits per heavy atom. The third-order valence-corrected chi connectivity index (χ3v) is 5.31. The molecule has 0 aromatic heterocycles. The number of anilines is 2. The predicted octanol–water partition coefficient (Wildman–Crippen LogP) is 3.11. The van der Waals surface area contributed by atoms with Crippen LogP contribution in [0.4, 0.5) is 20.6 Å². The van der Waals surface area contributed by atoms with Crippen molar-refractivity contribution in [1.82, 2.24) is 10.2 Å². The SMILES string of the molecule is O=C(Nc1ccccc1F)Nc1cccc2c1CCN(C(=O)C1CCCN1)C2. The lowest BCUT2D eigenvalue weighted by molar-refractivity contribution is -0.134. The molecule has 1 fully saturated rings. The van der Waals surface area contributed by atoms with Crippen LogP contribution in [-0.2, 0) is 17.8 Å². The number of rotatable bonds is 3. The lowest BCUT2D eigenvalue weighted by Crippen LogP contribution is -2.45. The lowest BCUT2D eigenvalue weighted by Gasteiger charge is -2.32. The zero-order valence-corrected chi connectivity index (χ0v) is 15.5. The van der Waals surface area contributed by atoms with E-state index in [0.717, 1.165) is 30.5 Å².